The summed E-state index contributed by atoms with van der Waals surface area (Å²) in [5.41, 5.74) is 0.576. The van der Waals surface area contributed by atoms with Crippen LogP contribution in [-0.4, -0.2) is 36.2 Å². The van der Waals surface area contributed by atoms with Gasteiger partial charge in [0.1, 0.15) is 6.04 Å². The maximum Gasteiger partial charge on any atom is 0.328 e. The van der Waals surface area contributed by atoms with Gasteiger partial charge >= 0.3 is 5.97 Å². The molecule has 0 aliphatic carbocycles. The fourth-order valence-corrected chi connectivity index (χ4v) is 2.74. The molecule has 0 saturated heterocycles. The summed E-state index contributed by atoms with van der Waals surface area (Å²) in [5.74, 6) is -4.57. The van der Waals surface area contributed by atoms with Gasteiger partial charge in [0.15, 0.2) is 6.61 Å². The van der Waals surface area contributed by atoms with Crippen LogP contribution in [0.3, 0.4) is 0 Å². The third-order valence-electron chi connectivity index (χ3n) is 3.46. The molecular formula is C19H18F2N2O4S. The molecule has 0 unspecified atom stereocenters. The fraction of sp³-hybridized carbons (Fsp3) is 0.211. The molecule has 9 heteroatoms. The second-order valence-corrected chi connectivity index (χ2v) is 6.62. The molecule has 0 saturated carbocycles. The molecular weight excluding hydrogens is 390 g/mol. The number of nitrogens with one attached hydrogen (secondary N) is 2. The van der Waals surface area contributed by atoms with E-state index in [1.807, 2.05) is 0 Å². The first-order chi connectivity index (χ1) is 13.4. The average Bonchev–Trinajstić information content (AvgIpc) is 2.67. The van der Waals surface area contributed by atoms with E-state index in [1.54, 1.807) is 42.5 Å². The standard InChI is InChI=1S/C19H18F2N2O4S/c1-12(22-17(25)13-7-3-2-4-8-13)18(26)27-11-16(24)23-14-9-5-6-10-15(14)28-19(20)21/h2-10,12,19H,11H2,1H3,(H,22,25)(H,23,24)/t12-/m0/s1. The molecule has 2 aromatic carbocycles. The summed E-state index contributed by atoms with van der Waals surface area (Å²) in [4.78, 5) is 36.1. The van der Waals surface area contributed by atoms with Crippen molar-refractivity contribution in [3.8, 4) is 0 Å². The van der Waals surface area contributed by atoms with Crippen molar-refractivity contribution in [3.05, 3.63) is 60.2 Å². The fourth-order valence-electron chi connectivity index (χ4n) is 2.15. The van der Waals surface area contributed by atoms with Crippen molar-refractivity contribution in [2.45, 2.75) is 23.6 Å². The van der Waals surface area contributed by atoms with Gasteiger partial charge in [-0.15, -0.1) is 0 Å². The number of amides is 2. The molecule has 148 valence electrons. The van der Waals surface area contributed by atoms with Crippen LogP contribution in [0.2, 0.25) is 0 Å². The Bertz CT molecular complexity index is 834. The molecule has 0 aromatic heterocycles. The Labute approximate surface area is 164 Å². The first-order valence-electron chi connectivity index (χ1n) is 8.23. The Morgan fingerprint density at radius 2 is 1.68 bits per heavy atom. The van der Waals surface area contributed by atoms with E-state index in [9.17, 15) is 23.2 Å². The summed E-state index contributed by atoms with van der Waals surface area (Å²) in [7, 11) is 0. The predicted molar refractivity (Wildman–Crippen MR) is 101 cm³/mol. The zero-order valence-corrected chi connectivity index (χ0v) is 15.7. The first kappa shape index (κ1) is 21.4. The Hall–Kier alpha value is -2.94. The smallest absolute Gasteiger partial charge is 0.328 e. The number of halogens is 2. The van der Waals surface area contributed by atoms with Crippen molar-refractivity contribution >= 4 is 35.2 Å². The number of rotatable bonds is 8. The highest BCUT2D eigenvalue weighted by Gasteiger charge is 2.19. The van der Waals surface area contributed by atoms with Gasteiger partial charge in [0, 0.05) is 10.5 Å². The quantitative estimate of drug-likeness (QED) is 0.517. The van der Waals surface area contributed by atoms with E-state index in [4.69, 9.17) is 4.74 Å². The lowest BCUT2D eigenvalue weighted by Crippen LogP contribution is -2.40. The second kappa shape index (κ2) is 10.4. The van der Waals surface area contributed by atoms with Crippen LogP contribution in [-0.2, 0) is 14.3 Å². The van der Waals surface area contributed by atoms with E-state index in [1.165, 1.54) is 19.1 Å². The molecule has 0 radical (unpaired) electrons. The number of hydrogen-bond donors (Lipinski definition) is 2. The van der Waals surface area contributed by atoms with E-state index in [2.05, 4.69) is 10.6 Å². The maximum absolute atomic E-state index is 12.6. The summed E-state index contributed by atoms with van der Waals surface area (Å²) >= 11 is 0.298. The number of anilines is 1. The molecule has 28 heavy (non-hydrogen) atoms. The van der Waals surface area contributed by atoms with Gasteiger partial charge in [0.05, 0.1) is 5.69 Å². The SMILES string of the molecule is C[C@H](NC(=O)c1ccccc1)C(=O)OCC(=O)Nc1ccccc1SC(F)F. The molecule has 2 rings (SSSR count). The van der Waals surface area contributed by atoms with Crippen molar-refractivity contribution in [2.75, 3.05) is 11.9 Å². The number of carbonyl (C=O) groups is 3. The highest BCUT2D eigenvalue weighted by atomic mass is 32.2. The summed E-state index contributed by atoms with van der Waals surface area (Å²) in [6, 6.07) is 13.4. The lowest BCUT2D eigenvalue weighted by atomic mass is 10.2. The molecule has 2 amide bonds. The van der Waals surface area contributed by atoms with Crippen molar-refractivity contribution in [1.82, 2.24) is 5.32 Å². The van der Waals surface area contributed by atoms with Crippen LogP contribution in [0.15, 0.2) is 59.5 Å². The molecule has 0 bridgehead atoms. The van der Waals surface area contributed by atoms with E-state index in [0.29, 0.717) is 17.3 Å². The monoisotopic (exact) mass is 408 g/mol. The van der Waals surface area contributed by atoms with Crippen LogP contribution >= 0.6 is 11.8 Å². The molecule has 6 nitrogen and oxygen atoms in total. The van der Waals surface area contributed by atoms with E-state index in [0.717, 1.165) is 0 Å². The van der Waals surface area contributed by atoms with Gasteiger partial charge in [-0.25, -0.2) is 4.79 Å². The molecule has 0 aliphatic rings. The van der Waals surface area contributed by atoms with Gasteiger partial charge in [-0.1, -0.05) is 42.1 Å². The minimum Gasteiger partial charge on any atom is -0.454 e. The van der Waals surface area contributed by atoms with Crippen molar-refractivity contribution in [3.63, 3.8) is 0 Å². The first-order valence-corrected chi connectivity index (χ1v) is 9.11. The Balaban J connectivity index is 1.84. The highest BCUT2D eigenvalue weighted by Crippen LogP contribution is 2.31. The van der Waals surface area contributed by atoms with Crippen LogP contribution in [0.4, 0.5) is 14.5 Å². The Morgan fingerprint density at radius 1 is 1.04 bits per heavy atom. The molecule has 0 spiro atoms. The van der Waals surface area contributed by atoms with Gasteiger partial charge in [-0.3, -0.25) is 9.59 Å². The van der Waals surface area contributed by atoms with Crippen molar-refractivity contribution in [1.29, 1.82) is 0 Å². The predicted octanol–water partition coefficient (Wildman–Crippen LogP) is 3.30. The summed E-state index contributed by atoms with van der Waals surface area (Å²) in [6.45, 7) is 0.813. The van der Waals surface area contributed by atoms with Crippen LogP contribution in [0.5, 0.6) is 0 Å². The lowest BCUT2D eigenvalue weighted by Gasteiger charge is -2.14. The number of para-hydroxylation sites is 1. The Morgan fingerprint density at radius 3 is 2.36 bits per heavy atom. The Kier molecular flexibility index (Phi) is 7.94. The maximum atomic E-state index is 12.6. The normalized spacial score (nSPS) is 11.6. The van der Waals surface area contributed by atoms with Crippen LogP contribution in [0, 0.1) is 0 Å². The van der Waals surface area contributed by atoms with Crippen LogP contribution < -0.4 is 10.6 Å². The minimum absolute atomic E-state index is 0.194. The lowest BCUT2D eigenvalue weighted by molar-refractivity contribution is -0.148. The van der Waals surface area contributed by atoms with Gasteiger partial charge in [-0.05, 0) is 31.2 Å². The number of benzene rings is 2. The molecule has 1 atom stereocenters. The minimum atomic E-state index is -2.63. The zero-order valence-electron chi connectivity index (χ0n) is 14.9. The number of esters is 1. The van der Waals surface area contributed by atoms with E-state index < -0.39 is 36.2 Å². The van der Waals surface area contributed by atoms with Gasteiger partial charge in [0.2, 0.25) is 0 Å². The van der Waals surface area contributed by atoms with Crippen LogP contribution in [0.25, 0.3) is 0 Å². The third-order valence-corrected chi connectivity index (χ3v) is 4.25. The topological polar surface area (TPSA) is 84.5 Å². The molecule has 2 aromatic rings. The van der Waals surface area contributed by atoms with E-state index >= 15 is 0 Å². The third kappa shape index (κ3) is 6.66. The molecule has 0 heterocycles. The number of ether oxygens (including phenoxy) is 1. The number of hydrogen-bond acceptors (Lipinski definition) is 5. The van der Waals surface area contributed by atoms with Crippen LogP contribution in [0.1, 0.15) is 17.3 Å². The number of alkyl halides is 2. The largest absolute Gasteiger partial charge is 0.454 e. The molecule has 0 aliphatic heterocycles. The second-order valence-electron chi connectivity index (χ2n) is 5.59. The van der Waals surface area contributed by atoms with Gasteiger partial charge in [0.25, 0.3) is 17.6 Å². The number of carbonyl (C=O) groups excluding carboxylic acids is 3. The zero-order chi connectivity index (χ0) is 20.5. The number of thioether (sulfide) groups is 1. The molecule has 0 fully saturated rings. The van der Waals surface area contributed by atoms with E-state index in [-0.39, 0.29) is 10.6 Å². The molecule has 2 N–H and O–H groups in total. The van der Waals surface area contributed by atoms with Gasteiger partial charge in [-0.2, -0.15) is 8.78 Å². The summed E-state index contributed by atoms with van der Waals surface area (Å²) < 4.78 is 30.0. The highest BCUT2D eigenvalue weighted by molar-refractivity contribution is 7.99. The average molecular weight is 408 g/mol. The van der Waals surface area contributed by atoms with Gasteiger partial charge < -0.3 is 15.4 Å². The van der Waals surface area contributed by atoms with Crippen molar-refractivity contribution in [2.24, 2.45) is 0 Å². The summed E-state index contributed by atoms with van der Waals surface area (Å²) in [5, 5.41) is 4.89. The van der Waals surface area contributed by atoms with Crippen molar-refractivity contribution < 1.29 is 27.9 Å². The summed E-state index contributed by atoms with van der Waals surface area (Å²) in [6.07, 6.45) is 0.